The molecule has 0 saturated heterocycles. The highest BCUT2D eigenvalue weighted by atomic mass is 32.1. The fourth-order valence-corrected chi connectivity index (χ4v) is 4.50. The molecule has 154 valence electrons. The molecular formula is C22H21N3O4S. The first-order valence-corrected chi connectivity index (χ1v) is 10.5. The molecule has 30 heavy (non-hydrogen) atoms. The Kier molecular flexibility index (Phi) is 5.67. The van der Waals surface area contributed by atoms with Gasteiger partial charge in [0.1, 0.15) is 10.8 Å². The summed E-state index contributed by atoms with van der Waals surface area (Å²) in [6.07, 6.45) is 0.830. The highest BCUT2D eigenvalue weighted by Gasteiger charge is 2.27. The maximum absolute atomic E-state index is 13.2. The summed E-state index contributed by atoms with van der Waals surface area (Å²) in [6.45, 7) is 2.18. The molecule has 0 N–H and O–H groups in total. The monoisotopic (exact) mass is 423 g/mol. The Bertz CT molecular complexity index is 1050. The van der Waals surface area contributed by atoms with Crippen molar-refractivity contribution in [2.24, 2.45) is 0 Å². The third-order valence-corrected chi connectivity index (χ3v) is 6.08. The number of rotatable bonds is 5. The number of carbonyl (C=O) groups is 1. The van der Waals surface area contributed by atoms with Gasteiger partial charge < -0.3 is 14.5 Å². The van der Waals surface area contributed by atoms with Crippen LogP contribution in [-0.4, -0.2) is 31.0 Å². The second-order valence-corrected chi connectivity index (χ2v) is 7.89. The topological polar surface area (TPSA) is 75.9 Å². The molecule has 1 aliphatic heterocycles. The minimum Gasteiger partial charge on any atom is -0.497 e. The average molecular weight is 423 g/mol. The Balaban J connectivity index is 1.57. The highest BCUT2D eigenvalue weighted by Crippen LogP contribution is 2.39. The van der Waals surface area contributed by atoms with Gasteiger partial charge in [-0.2, -0.15) is 0 Å². The summed E-state index contributed by atoms with van der Waals surface area (Å²) in [5.41, 5.74) is 2.48. The SMILES string of the molecule is COc1ccc(CN2CCCN(C(=O)c3ccc([N+](=O)[O-])cc3)c3ccsc32)cc1. The van der Waals surface area contributed by atoms with Crippen molar-refractivity contribution in [3.63, 3.8) is 0 Å². The number of nitrogens with zero attached hydrogens (tertiary/aromatic N) is 3. The standard InChI is InChI=1S/C22H21N3O4S/c1-29-19-9-3-16(4-10-19)15-23-12-2-13-24(20-11-14-30-22(20)23)21(26)17-5-7-18(8-6-17)25(27)28/h3-11,14H,2,12-13,15H2,1H3. The number of thiophene rings is 1. The second kappa shape index (κ2) is 8.54. The molecule has 0 atom stereocenters. The van der Waals surface area contributed by atoms with Crippen molar-refractivity contribution in [2.45, 2.75) is 13.0 Å². The molecular weight excluding hydrogens is 402 g/mol. The Morgan fingerprint density at radius 1 is 1.10 bits per heavy atom. The molecule has 2 aromatic carbocycles. The molecule has 3 aromatic rings. The van der Waals surface area contributed by atoms with Crippen molar-refractivity contribution < 1.29 is 14.5 Å². The van der Waals surface area contributed by atoms with Gasteiger partial charge in [-0.3, -0.25) is 14.9 Å². The lowest BCUT2D eigenvalue weighted by molar-refractivity contribution is -0.384. The van der Waals surface area contributed by atoms with E-state index in [1.54, 1.807) is 23.3 Å². The number of methoxy groups -OCH3 is 1. The minimum absolute atomic E-state index is 0.0238. The number of anilines is 2. The number of hydrogen-bond donors (Lipinski definition) is 0. The van der Waals surface area contributed by atoms with Gasteiger partial charge in [0.05, 0.1) is 17.7 Å². The number of carbonyl (C=O) groups excluding carboxylic acids is 1. The van der Waals surface area contributed by atoms with E-state index >= 15 is 0 Å². The molecule has 1 aliphatic rings. The lowest BCUT2D eigenvalue weighted by atomic mass is 10.1. The van der Waals surface area contributed by atoms with Crippen LogP contribution in [0.15, 0.2) is 60.0 Å². The van der Waals surface area contributed by atoms with Crippen LogP contribution in [0.1, 0.15) is 22.3 Å². The summed E-state index contributed by atoms with van der Waals surface area (Å²) in [6, 6.07) is 15.8. The van der Waals surface area contributed by atoms with E-state index in [2.05, 4.69) is 17.0 Å². The van der Waals surface area contributed by atoms with Crippen LogP contribution in [-0.2, 0) is 6.54 Å². The van der Waals surface area contributed by atoms with E-state index < -0.39 is 4.92 Å². The van der Waals surface area contributed by atoms with E-state index in [1.165, 1.54) is 29.8 Å². The van der Waals surface area contributed by atoms with E-state index in [1.807, 2.05) is 23.6 Å². The molecule has 1 aromatic heterocycles. The molecule has 7 nitrogen and oxygen atoms in total. The third-order valence-electron chi connectivity index (χ3n) is 5.12. The van der Waals surface area contributed by atoms with Crippen molar-refractivity contribution in [3.05, 3.63) is 81.2 Å². The van der Waals surface area contributed by atoms with Crippen LogP contribution in [0, 0.1) is 10.1 Å². The van der Waals surface area contributed by atoms with E-state index in [9.17, 15) is 14.9 Å². The van der Waals surface area contributed by atoms with E-state index in [-0.39, 0.29) is 11.6 Å². The summed E-state index contributed by atoms with van der Waals surface area (Å²) in [5, 5.41) is 13.9. The van der Waals surface area contributed by atoms with Gasteiger partial charge in [-0.25, -0.2) is 0 Å². The number of fused-ring (bicyclic) bond motifs is 1. The lowest BCUT2D eigenvalue weighted by Crippen LogP contribution is -2.31. The van der Waals surface area contributed by atoms with Gasteiger partial charge in [-0.05, 0) is 47.7 Å². The molecule has 0 aliphatic carbocycles. The summed E-state index contributed by atoms with van der Waals surface area (Å²) in [7, 11) is 1.65. The molecule has 0 saturated carbocycles. The van der Waals surface area contributed by atoms with E-state index in [0.29, 0.717) is 12.1 Å². The zero-order valence-electron chi connectivity index (χ0n) is 16.5. The van der Waals surface area contributed by atoms with Crippen molar-refractivity contribution in [1.82, 2.24) is 0 Å². The summed E-state index contributed by atoms with van der Waals surface area (Å²) in [5.74, 6) is 0.683. The number of nitro benzene ring substituents is 1. The van der Waals surface area contributed by atoms with Crippen molar-refractivity contribution >= 4 is 33.6 Å². The van der Waals surface area contributed by atoms with Crippen LogP contribution in [0.4, 0.5) is 16.4 Å². The Labute approximate surface area is 178 Å². The van der Waals surface area contributed by atoms with Gasteiger partial charge in [0, 0.05) is 37.3 Å². The van der Waals surface area contributed by atoms with Crippen LogP contribution >= 0.6 is 11.3 Å². The molecule has 1 amide bonds. The van der Waals surface area contributed by atoms with Gasteiger partial charge in [0.15, 0.2) is 0 Å². The number of non-ortho nitro benzene ring substituents is 1. The van der Waals surface area contributed by atoms with Crippen molar-refractivity contribution in [3.8, 4) is 5.75 Å². The fraction of sp³-hybridized carbons (Fsp3) is 0.227. The van der Waals surface area contributed by atoms with Gasteiger partial charge in [0.2, 0.25) is 0 Å². The van der Waals surface area contributed by atoms with Crippen LogP contribution < -0.4 is 14.5 Å². The Hall–Kier alpha value is -3.39. The molecule has 0 fully saturated rings. The van der Waals surface area contributed by atoms with Crippen LogP contribution in [0.5, 0.6) is 5.75 Å². The number of nitro groups is 1. The maximum atomic E-state index is 13.2. The molecule has 4 rings (SSSR count). The number of ether oxygens (including phenoxy) is 1. The van der Waals surface area contributed by atoms with Crippen molar-refractivity contribution in [1.29, 1.82) is 0 Å². The smallest absolute Gasteiger partial charge is 0.269 e. The van der Waals surface area contributed by atoms with Crippen LogP contribution in [0.25, 0.3) is 0 Å². The van der Waals surface area contributed by atoms with Gasteiger partial charge >= 0.3 is 0 Å². The predicted octanol–water partition coefficient (Wildman–Crippen LogP) is 4.72. The Morgan fingerprint density at radius 2 is 1.83 bits per heavy atom. The average Bonchev–Trinajstić information content (AvgIpc) is 3.19. The number of amides is 1. The predicted molar refractivity (Wildman–Crippen MR) is 118 cm³/mol. The van der Waals surface area contributed by atoms with Crippen LogP contribution in [0.2, 0.25) is 0 Å². The minimum atomic E-state index is -0.464. The lowest BCUT2D eigenvalue weighted by Gasteiger charge is -2.24. The van der Waals surface area contributed by atoms with Gasteiger partial charge in [-0.15, -0.1) is 11.3 Å². The summed E-state index contributed by atoms with van der Waals surface area (Å²) in [4.78, 5) is 27.6. The quantitative estimate of drug-likeness (QED) is 0.438. The second-order valence-electron chi connectivity index (χ2n) is 6.99. The molecule has 0 radical (unpaired) electrons. The first-order chi connectivity index (χ1) is 14.6. The first kappa shape index (κ1) is 19.9. The van der Waals surface area contributed by atoms with Crippen molar-refractivity contribution in [2.75, 3.05) is 30.0 Å². The summed E-state index contributed by atoms with van der Waals surface area (Å²) < 4.78 is 5.23. The number of benzene rings is 2. The van der Waals surface area contributed by atoms with E-state index in [4.69, 9.17) is 4.74 Å². The molecule has 0 spiro atoms. The highest BCUT2D eigenvalue weighted by molar-refractivity contribution is 7.15. The van der Waals surface area contributed by atoms with Gasteiger partial charge in [0.25, 0.3) is 11.6 Å². The largest absolute Gasteiger partial charge is 0.497 e. The maximum Gasteiger partial charge on any atom is 0.269 e. The normalized spacial score (nSPS) is 13.5. The zero-order chi connectivity index (χ0) is 21.1. The molecule has 2 heterocycles. The first-order valence-electron chi connectivity index (χ1n) is 9.58. The molecule has 0 bridgehead atoms. The fourth-order valence-electron chi connectivity index (χ4n) is 3.57. The zero-order valence-corrected chi connectivity index (χ0v) is 17.3. The van der Waals surface area contributed by atoms with Crippen LogP contribution in [0.3, 0.4) is 0 Å². The van der Waals surface area contributed by atoms with Gasteiger partial charge in [-0.1, -0.05) is 12.1 Å². The van der Waals surface area contributed by atoms with E-state index in [0.717, 1.165) is 35.9 Å². The summed E-state index contributed by atoms with van der Waals surface area (Å²) >= 11 is 1.61. The third kappa shape index (κ3) is 3.99. The molecule has 8 heteroatoms. The number of hydrogen-bond acceptors (Lipinski definition) is 6. The Morgan fingerprint density at radius 3 is 2.50 bits per heavy atom. The molecule has 0 unspecified atom stereocenters.